The summed E-state index contributed by atoms with van der Waals surface area (Å²) in [4.78, 5) is 0. The molecule has 0 heterocycles. The predicted molar refractivity (Wildman–Crippen MR) is 52.6 cm³/mol. The van der Waals surface area contributed by atoms with Crippen molar-refractivity contribution >= 4 is 0 Å². The van der Waals surface area contributed by atoms with Crippen LogP contribution in [-0.4, -0.2) is 0 Å². The maximum atomic E-state index is 3.68. The zero-order chi connectivity index (χ0) is 8.85. The van der Waals surface area contributed by atoms with E-state index in [-0.39, 0.29) is 0 Å². The predicted octanol–water partition coefficient (Wildman–Crippen LogP) is 3.87. The molecular formula is C11H18. The van der Waals surface area contributed by atoms with E-state index in [4.69, 9.17) is 0 Å². The third-order valence-electron chi connectivity index (χ3n) is 1.80. The Kier molecular flexibility index (Phi) is 4.60. The number of allylic oxidation sites excluding steroid dienone is 5. The van der Waals surface area contributed by atoms with E-state index in [1.165, 1.54) is 16.7 Å². The first-order chi connectivity index (χ1) is 5.13. The second kappa shape index (κ2) is 4.95. The van der Waals surface area contributed by atoms with Gasteiger partial charge in [0.05, 0.1) is 0 Å². The van der Waals surface area contributed by atoms with Gasteiger partial charge in [-0.2, -0.15) is 0 Å². The molecule has 0 saturated carbocycles. The average Bonchev–Trinajstić information content (AvgIpc) is 1.88. The quantitative estimate of drug-likeness (QED) is 0.536. The molecule has 0 amide bonds. The molecule has 0 heteroatoms. The lowest BCUT2D eigenvalue weighted by atomic mass is 10.0. The summed E-state index contributed by atoms with van der Waals surface area (Å²) >= 11 is 0. The highest BCUT2D eigenvalue weighted by molar-refractivity contribution is 5.34. The second-order valence-corrected chi connectivity index (χ2v) is 2.92. The molecule has 0 bridgehead atoms. The van der Waals surface area contributed by atoms with E-state index < -0.39 is 0 Å². The van der Waals surface area contributed by atoms with Crippen molar-refractivity contribution < 1.29 is 0 Å². The molecule has 0 unspecified atom stereocenters. The Labute approximate surface area is 70.3 Å². The molecule has 0 fully saturated rings. The van der Waals surface area contributed by atoms with Gasteiger partial charge in [-0.25, -0.2) is 0 Å². The molecule has 0 rings (SSSR count). The smallest absolute Gasteiger partial charge is 0.0305 e. The lowest BCUT2D eigenvalue weighted by Crippen LogP contribution is -1.86. The molecule has 0 spiro atoms. The average molecular weight is 150 g/mol. The Morgan fingerprint density at radius 3 is 2.09 bits per heavy atom. The van der Waals surface area contributed by atoms with Gasteiger partial charge >= 0.3 is 0 Å². The van der Waals surface area contributed by atoms with Crippen molar-refractivity contribution in [2.45, 2.75) is 34.1 Å². The second-order valence-electron chi connectivity index (χ2n) is 2.92. The van der Waals surface area contributed by atoms with E-state index >= 15 is 0 Å². The van der Waals surface area contributed by atoms with Gasteiger partial charge in [0.2, 0.25) is 0 Å². The molecule has 0 aromatic rings. The number of hydrogen-bond acceptors (Lipinski definition) is 0. The molecule has 0 N–H and O–H groups in total. The van der Waals surface area contributed by atoms with Crippen molar-refractivity contribution in [2.75, 3.05) is 0 Å². The van der Waals surface area contributed by atoms with Crippen LogP contribution in [0.1, 0.15) is 34.1 Å². The standard InChI is InChI=1S/C11H18/c1-6-8-10(5)11(7-2)9(3)4/h6,8H,1,7H2,2-5H3/b10-8-. The Morgan fingerprint density at radius 1 is 1.27 bits per heavy atom. The van der Waals surface area contributed by atoms with E-state index in [0.717, 1.165) is 6.42 Å². The molecule has 62 valence electrons. The highest BCUT2D eigenvalue weighted by Crippen LogP contribution is 2.17. The Morgan fingerprint density at radius 2 is 1.82 bits per heavy atom. The van der Waals surface area contributed by atoms with Crippen molar-refractivity contribution in [3.8, 4) is 0 Å². The summed E-state index contributed by atoms with van der Waals surface area (Å²) in [5, 5.41) is 0. The Balaban J connectivity index is 4.66. The highest BCUT2D eigenvalue weighted by atomic mass is 14.0. The van der Waals surface area contributed by atoms with Crippen LogP contribution in [-0.2, 0) is 0 Å². The minimum atomic E-state index is 1.11. The topological polar surface area (TPSA) is 0 Å². The van der Waals surface area contributed by atoms with Gasteiger partial charge in [0.1, 0.15) is 0 Å². The van der Waals surface area contributed by atoms with Crippen molar-refractivity contribution in [1.29, 1.82) is 0 Å². The molecule has 0 saturated heterocycles. The first-order valence-electron chi connectivity index (χ1n) is 4.09. The fourth-order valence-corrected chi connectivity index (χ4v) is 1.30. The lowest BCUT2D eigenvalue weighted by molar-refractivity contribution is 1.06. The first-order valence-corrected chi connectivity index (χ1v) is 4.09. The zero-order valence-corrected chi connectivity index (χ0v) is 8.07. The molecule has 0 nitrogen and oxygen atoms in total. The molecule has 0 aliphatic carbocycles. The monoisotopic (exact) mass is 150 g/mol. The summed E-state index contributed by atoms with van der Waals surface area (Å²) in [5.74, 6) is 0. The van der Waals surface area contributed by atoms with Crippen LogP contribution >= 0.6 is 0 Å². The summed E-state index contributed by atoms with van der Waals surface area (Å²) in [6.07, 6.45) is 5.01. The molecule has 11 heavy (non-hydrogen) atoms. The third kappa shape index (κ3) is 3.22. The van der Waals surface area contributed by atoms with Gasteiger partial charge in [0.15, 0.2) is 0 Å². The van der Waals surface area contributed by atoms with Gasteiger partial charge in [0, 0.05) is 0 Å². The van der Waals surface area contributed by atoms with Crippen molar-refractivity contribution in [1.82, 2.24) is 0 Å². The van der Waals surface area contributed by atoms with Crippen LogP contribution in [0.15, 0.2) is 35.5 Å². The van der Waals surface area contributed by atoms with Crippen molar-refractivity contribution in [3.63, 3.8) is 0 Å². The normalized spacial score (nSPS) is 11.1. The molecule has 0 aliphatic heterocycles. The van der Waals surface area contributed by atoms with Gasteiger partial charge in [-0.05, 0) is 38.3 Å². The van der Waals surface area contributed by atoms with Crippen LogP contribution in [0, 0.1) is 0 Å². The summed E-state index contributed by atoms with van der Waals surface area (Å²) in [6.45, 7) is 12.3. The van der Waals surface area contributed by atoms with Crippen molar-refractivity contribution in [3.05, 3.63) is 35.5 Å². The van der Waals surface area contributed by atoms with Crippen molar-refractivity contribution in [2.24, 2.45) is 0 Å². The van der Waals surface area contributed by atoms with Gasteiger partial charge in [0.25, 0.3) is 0 Å². The summed E-state index contributed by atoms with van der Waals surface area (Å²) < 4.78 is 0. The third-order valence-corrected chi connectivity index (χ3v) is 1.80. The van der Waals surface area contributed by atoms with Crippen LogP contribution in [0.3, 0.4) is 0 Å². The van der Waals surface area contributed by atoms with E-state index in [9.17, 15) is 0 Å². The first kappa shape index (κ1) is 10.2. The Hall–Kier alpha value is -0.780. The molecule has 0 atom stereocenters. The fourth-order valence-electron chi connectivity index (χ4n) is 1.30. The summed E-state index contributed by atoms with van der Waals surface area (Å²) in [6, 6.07) is 0. The van der Waals surface area contributed by atoms with E-state index in [2.05, 4.69) is 40.3 Å². The maximum Gasteiger partial charge on any atom is -0.0305 e. The Bertz CT molecular complexity index is 188. The highest BCUT2D eigenvalue weighted by Gasteiger charge is 1.97. The number of hydrogen-bond donors (Lipinski definition) is 0. The minimum Gasteiger partial charge on any atom is -0.0991 e. The van der Waals surface area contributed by atoms with Gasteiger partial charge in [-0.3, -0.25) is 0 Å². The molecular weight excluding hydrogens is 132 g/mol. The van der Waals surface area contributed by atoms with E-state index in [0.29, 0.717) is 0 Å². The van der Waals surface area contributed by atoms with Gasteiger partial charge in [-0.1, -0.05) is 31.2 Å². The molecule has 0 aromatic heterocycles. The van der Waals surface area contributed by atoms with Gasteiger partial charge < -0.3 is 0 Å². The van der Waals surface area contributed by atoms with E-state index in [1.807, 2.05) is 6.08 Å². The molecule has 0 radical (unpaired) electrons. The van der Waals surface area contributed by atoms with Gasteiger partial charge in [-0.15, -0.1) is 0 Å². The largest absolute Gasteiger partial charge is 0.0991 e. The van der Waals surface area contributed by atoms with Crippen LogP contribution < -0.4 is 0 Å². The zero-order valence-electron chi connectivity index (χ0n) is 8.07. The molecule has 0 aliphatic rings. The summed E-state index contributed by atoms with van der Waals surface area (Å²) in [7, 11) is 0. The van der Waals surface area contributed by atoms with Crippen LogP contribution in [0.2, 0.25) is 0 Å². The SMILES string of the molecule is C=C/C=C(/C)C(CC)=C(C)C. The van der Waals surface area contributed by atoms with Crippen LogP contribution in [0.4, 0.5) is 0 Å². The number of rotatable bonds is 3. The van der Waals surface area contributed by atoms with Crippen LogP contribution in [0.25, 0.3) is 0 Å². The maximum absolute atomic E-state index is 3.68. The molecule has 0 aromatic carbocycles. The summed E-state index contributed by atoms with van der Waals surface area (Å²) in [5.41, 5.74) is 4.19. The van der Waals surface area contributed by atoms with Crippen LogP contribution in [0.5, 0.6) is 0 Å². The minimum absolute atomic E-state index is 1.11. The van der Waals surface area contributed by atoms with E-state index in [1.54, 1.807) is 0 Å². The fraction of sp³-hybridized carbons (Fsp3) is 0.455. The lowest BCUT2D eigenvalue weighted by Gasteiger charge is -2.06.